The smallest absolute Gasteiger partial charge is 0.319 e. The maximum absolute atomic E-state index is 13.7. The number of carbonyl (C=O) groups excluding carboxylic acids is 2. The Morgan fingerprint density at radius 1 is 1.06 bits per heavy atom. The van der Waals surface area contributed by atoms with Gasteiger partial charge in [-0.25, -0.2) is 13.6 Å². The van der Waals surface area contributed by atoms with E-state index in [-0.39, 0.29) is 11.4 Å². The molecule has 8 nitrogen and oxygen atoms in total. The fourth-order valence-electron chi connectivity index (χ4n) is 3.92. The van der Waals surface area contributed by atoms with Crippen LogP contribution < -0.4 is 5.14 Å². The average molecular weight is 467 g/mol. The second-order valence-electron chi connectivity index (χ2n) is 7.56. The molecule has 0 aliphatic carbocycles. The van der Waals surface area contributed by atoms with Crippen LogP contribution in [0, 0.1) is 5.92 Å². The Balaban J connectivity index is 1.87. The molecule has 4 rings (SSSR count). The first-order valence-electron chi connectivity index (χ1n) is 10.1. The van der Waals surface area contributed by atoms with Crippen molar-refractivity contribution in [3.63, 3.8) is 0 Å². The Kier molecular flexibility index (Phi) is 6.17. The van der Waals surface area contributed by atoms with E-state index in [1.807, 2.05) is 36.4 Å². The van der Waals surface area contributed by atoms with Gasteiger partial charge in [0.2, 0.25) is 15.9 Å². The monoisotopic (exact) mass is 466 g/mol. The Labute approximate surface area is 191 Å². The van der Waals surface area contributed by atoms with Gasteiger partial charge in [-0.15, -0.1) is 0 Å². The van der Waals surface area contributed by atoms with Gasteiger partial charge in [-0.3, -0.25) is 9.59 Å². The number of esters is 1. The van der Waals surface area contributed by atoms with Crippen molar-refractivity contribution in [2.24, 2.45) is 11.1 Å². The molecule has 0 spiro atoms. The van der Waals surface area contributed by atoms with E-state index < -0.39 is 33.7 Å². The molecule has 0 fully saturated rings. The molecule has 1 aliphatic rings. The third-order valence-corrected chi connectivity index (χ3v) is 6.46. The van der Waals surface area contributed by atoms with Crippen LogP contribution in [0.4, 0.5) is 0 Å². The Morgan fingerprint density at radius 3 is 2.33 bits per heavy atom. The van der Waals surface area contributed by atoms with Crippen molar-refractivity contribution < 1.29 is 27.2 Å². The molecule has 33 heavy (non-hydrogen) atoms. The number of sulfonamides is 1. The maximum Gasteiger partial charge on any atom is 0.319 e. The van der Waals surface area contributed by atoms with Crippen molar-refractivity contribution in [3.05, 3.63) is 96.0 Å². The number of allylic oxidation sites excluding steroid dienone is 1. The summed E-state index contributed by atoms with van der Waals surface area (Å²) in [5.74, 6) is -2.22. The van der Waals surface area contributed by atoms with Crippen molar-refractivity contribution in [2.45, 2.75) is 17.4 Å². The molecule has 2 unspecified atom stereocenters. The second-order valence-corrected chi connectivity index (χ2v) is 9.12. The summed E-state index contributed by atoms with van der Waals surface area (Å²) >= 11 is 0. The zero-order valence-electron chi connectivity index (χ0n) is 17.7. The van der Waals surface area contributed by atoms with Gasteiger partial charge in [-0.1, -0.05) is 48.5 Å². The zero-order chi connectivity index (χ0) is 23.6. The summed E-state index contributed by atoms with van der Waals surface area (Å²) in [5.41, 5.74) is 1.88. The van der Waals surface area contributed by atoms with Crippen LogP contribution in [0.15, 0.2) is 88.4 Å². The fraction of sp³-hybridized carbons (Fsp3) is 0.167. The van der Waals surface area contributed by atoms with Crippen LogP contribution in [0.3, 0.4) is 0 Å². The number of primary sulfonamides is 1. The van der Waals surface area contributed by atoms with Crippen molar-refractivity contribution in [1.82, 2.24) is 4.90 Å². The van der Waals surface area contributed by atoms with Crippen molar-refractivity contribution in [3.8, 4) is 0 Å². The minimum absolute atomic E-state index is 0.0429. The first kappa shape index (κ1) is 22.5. The largest absolute Gasteiger partial charge is 0.468 e. The lowest BCUT2D eigenvalue weighted by Gasteiger charge is -2.36. The molecule has 0 bridgehead atoms. The minimum atomic E-state index is -3.87. The summed E-state index contributed by atoms with van der Waals surface area (Å²) in [6, 6.07) is 18.5. The molecule has 0 radical (unpaired) electrons. The molecular weight excluding hydrogens is 444 g/mol. The van der Waals surface area contributed by atoms with Crippen molar-refractivity contribution in [2.75, 3.05) is 7.11 Å². The van der Waals surface area contributed by atoms with Gasteiger partial charge in [0, 0.05) is 11.6 Å². The molecule has 2 N–H and O–H groups in total. The predicted molar refractivity (Wildman–Crippen MR) is 120 cm³/mol. The van der Waals surface area contributed by atoms with Crippen LogP contribution in [0.2, 0.25) is 0 Å². The third-order valence-electron chi connectivity index (χ3n) is 5.53. The topological polar surface area (TPSA) is 120 Å². The number of hydrogen-bond acceptors (Lipinski definition) is 6. The highest BCUT2D eigenvalue weighted by atomic mass is 32.2. The second kappa shape index (κ2) is 9.05. The van der Waals surface area contributed by atoms with Gasteiger partial charge < -0.3 is 14.1 Å². The molecule has 170 valence electrons. The van der Waals surface area contributed by atoms with E-state index >= 15 is 0 Å². The number of nitrogens with zero attached hydrogens (tertiary/aromatic N) is 1. The number of ether oxygens (including phenoxy) is 1. The SMILES string of the molecule is COC(=O)C1C(=O)N(Cc2ccco2)C(c2ccc(S(N)(=O)=O)cc2)=CC1c1ccccc1. The molecular formula is C24H22N2O6S. The highest BCUT2D eigenvalue weighted by molar-refractivity contribution is 7.89. The van der Waals surface area contributed by atoms with E-state index in [4.69, 9.17) is 14.3 Å². The summed E-state index contributed by atoms with van der Waals surface area (Å²) < 4.78 is 33.7. The number of benzene rings is 2. The van der Waals surface area contributed by atoms with E-state index in [2.05, 4.69) is 0 Å². The Morgan fingerprint density at radius 2 is 1.76 bits per heavy atom. The summed E-state index contributed by atoms with van der Waals surface area (Å²) in [4.78, 5) is 27.8. The highest BCUT2D eigenvalue weighted by Crippen LogP contribution is 2.39. The lowest BCUT2D eigenvalue weighted by Crippen LogP contribution is -2.44. The molecule has 2 aromatic carbocycles. The molecule has 1 aliphatic heterocycles. The number of rotatable bonds is 6. The average Bonchev–Trinajstić information content (AvgIpc) is 3.33. The lowest BCUT2D eigenvalue weighted by molar-refractivity contribution is -0.153. The van der Waals surface area contributed by atoms with Gasteiger partial charge in [-0.2, -0.15) is 0 Å². The summed E-state index contributed by atoms with van der Waals surface area (Å²) in [6.45, 7) is 0.0869. The van der Waals surface area contributed by atoms with Crippen LogP contribution >= 0.6 is 0 Å². The van der Waals surface area contributed by atoms with E-state index in [0.717, 1.165) is 5.56 Å². The molecule has 1 aromatic heterocycles. The lowest BCUT2D eigenvalue weighted by atomic mass is 9.80. The third kappa shape index (κ3) is 4.59. The predicted octanol–water partition coefficient (Wildman–Crippen LogP) is 2.88. The van der Waals surface area contributed by atoms with Gasteiger partial charge in [-0.05, 0) is 35.4 Å². The van der Waals surface area contributed by atoms with Gasteiger partial charge >= 0.3 is 5.97 Å². The molecule has 1 amide bonds. The molecule has 2 atom stereocenters. The van der Waals surface area contributed by atoms with Crippen LogP contribution in [-0.2, 0) is 30.9 Å². The normalized spacial score (nSPS) is 18.7. The number of amides is 1. The highest BCUT2D eigenvalue weighted by Gasteiger charge is 2.43. The van der Waals surface area contributed by atoms with Crippen LogP contribution in [0.1, 0.15) is 22.8 Å². The van der Waals surface area contributed by atoms with Gasteiger partial charge in [0.25, 0.3) is 0 Å². The number of hydrogen-bond donors (Lipinski definition) is 1. The maximum atomic E-state index is 13.7. The molecule has 9 heteroatoms. The van der Waals surface area contributed by atoms with E-state index in [1.54, 1.807) is 24.3 Å². The molecule has 0 saturated heterocycles. The summed E-state index contributed by atoms with van der Waals surface area (Å²) in [5, 5.41) is 5.22. The van der Waals surface area contributed by atoms with Crippen molar-refractivity contribution >= 4 is 27.6 Å². The van der Waals surface area contributed by atoms with Crippen molar-refractivity contribution in [1.29, 1.82) is 0 Å². The number of carbonyl (C=O) groups is 2. The molecule has 0 saturated carbocycles. The van der Waals surface area contributed by atoms with E-state index in [0.29, 0.717) is 17.0 Å². The van der Waals surface area contributed by atoms with E-state index in [1.165, 1.54) is 30.4 Å². The minimum Gasteiger partial charge on any atom is -0.468 e. The van der Waals surface area contributed by atoms with Crippen LogP contribution in [0.25, 0.3) is 5.70 Å². The molecule has 2 heterocycles. The van der Waals surface area contributed by atoms with Crippen LogP contribution in [-0.4, -0.2) is 32.3 Å². The first-order valence-corrected chi connectivity index (χ1v) is 11.7. The molecule has 3 aromatic rings. The Hall–Kier alpha value is -3.69. The van der Waals surface area contributed by atoms with Gasteiger partial charge in [0.1, 0.15) is 11.7 Å². The fourth-order valence-corrected chi connectivity index (χ4v) is 4.44. The standard InChI is InChI=1S/C24H22N2O6S/c1-31-24(28)22-20(16-6-3-2-4-7-16)14-21(17-9-11-19(12-10-17)33(25,29)30)26(23(22)27)15-18-8-5-13-32-18/h2-14,20,22H,15H2,1H3,(H2,25,29,30). The number of furan rings is 1. The zero-order valence-corrected chi connectivity index (χ0v) is 18.6. The van der Waals surface area contributed by atoms with Gasteiger partial charge in [0.05, 0.1) is 24.8 Å². The summed E-state index contributed by atoms with van der Waals surface area (Å²) in [7, 11) is -2.62. The van der Waals surface area contributed by atoms with Gasteiger partial charge in [0.15, 0.2) is 0 Å². The van der Waals surface area contributed by atoms with E-state index in [9.17, 15) is 18.0 Å². The quantitative estimate of drug-likeness (QED) is 0.441. The Bertz CT molecular complexity index is 1280. The number of methoxy groups -OCH3 is 1. The van der Waals surface area contributed by atoms with Crippen LogP contribution in [0.5, 0.6) is 0 Å². The first-order chi connectivity index (χ1) is 15.8. The number of nitrogens with two attached hydrogens (primary N) is 1. The summed E-state index contributed by atoms with van der Waals surface area (Å²) in [6.07, 6.45) is 3.33.